The van der Waals surface area contributed by atoms with Crippen molar-refractivity contribution in [1.29, 1.82) is 0 Å². The van der Waals surface area contributed by atoms with Gasteiger partial charge in [-0.15, -0.1) is 0 Å². The van der Waals surface area contributed by atoms with Gasteiger partial charge in [-0.3, -0.25) is 14.4 Å². The Kier molecular flexibility index (Phi) is 3.25. The fraction of sp³-hybridized carbons (Fsp3) is 0.538. The fourth-order valence-corrected chi connectivity index (χ4v) is 2.37. The Bertz CT molecular complexity index is 585. The van der Waals surface area contributed by atoms with E-state index in [1.807, 2.05) is 4.90 Å². The summed E-state index contributed by atoms with van der Waals surface area (Å²) in [4.78, 5) is 45.0. The third kappa shape index (κ3) is 2.56. The molecule has 0 unspecified atom stereocenters. The van der Waals surface area contributed by atoms with Crippen molar-refractivity contribution in [1.82, 2.24) is 19.8 Å². The number of carbonyl (C=O) groups is 2. The summed E-state index contributed by atoms with van der Waals surface area (Å²) in [5, 5.41) is 0. The van der Waals surface area contributed by atoms with Crippen molar-refractivity contribution in [2.75, 3.05) is 26.2 Å². The SMILES string of the molecule is O=C(c1cc(=O)[nH]cn1)N1CCN(C(=O)C2CC2)CC1. The van der Waals surface area contributed by atoms with Gasteiger partial charge in [-0.1, -0.05) is 0 Å². The molecule has 106 valence electrons. The van der Waals surface area contributed by atoms with Crippen molar-refractivity contribution in [2.24, 2.45) is 5.92 Å². The first kappa shape index (κ1) is 12.8. The number of aromatic amines is 1. The lowest BCUT2D eigenvalue weighted by molar-refractivity contribution is -0.134. The average molecular weight is 276 g/mol. The van der Waals surface area contributed by atoms with Crippen LogP contribution >= 0.6 is 0 Å². The van der Waals surface area contributed by atoms with E-state index in [0.29, 0.717) is 26.2 Å². The molecule has 1 aromatic rings. The van der Waals surface area contributed by atoms with Crippen LogP contribution in [0.4, 0.5) is 0 Å². The number of carbonyl (C=O) groups excluding carboxylic acids is 2. The predicted octanol–water partition coefficient (Wildman–Crippen LogP) is -0.536. The molecule has 2 fully saturated rings. The van der Waals surface area contributed by atoms with Gasteiger partial charge in [-0.05, 0) is 12.8 Å². The Hall–Kier alpha value is -2.18. The molecule has 0 radical (unpaired) electrons. The highest BCUT2D eigenvalue weighted by atomic mass is 16.2. The molecule has 1 saturated carbocycles. The van der Waals surface area contributed by atoms with Crippen molar-refractivity contribution >= 4 is 11.8 Å². The highest BCUT2D eigenvalue weighted by molar-refractivity contribution is 5.92. The van der Waals surface area contributed by atoms with Crippen LogP contribution < -0.4 is 5.56 Å². The second-order valence-electron chi connectivity index (χ2n) is 5.19. The number of piperazine rings is 1. The first-order valence-electron chi connectivity index (χ1n) is 6.78. The van der Waals surface area contributed by atoms with Gasteiger partial charge < -0.3 is 14.8 Å². The van der Waals surface area contributed by atoms with Crippen molar-refractivity contribution in [2.45, 2.75) is 12.8 Å². The van der Waals surface area contributed by atoms with E-state index in [1.54, 1.807) is 4.90 Å². The lowest BCUT2D eigenvalue weighted by Gasteiger charge is -2.34. The lowest BCUT2D eigenvalue weighted by Crippen LogP contribution is -2.51. The van der Waals surface area contributed by atoms with Crippen LogP contribution in [0.3, 0.4) is 0 Å². The third-order valence-electron chi connectivity index (χ3n) is 3.70. The number of hydrogen-bond acceptors (Lipinski definition) is 4. The molecule has 20 heavy (non-hydrogen) atoms. The monoisotopic (exact) mass is 276 g/mol. The van der Waals surface area contributed by atoms with E-state index in [-0.39, 0.29) is 29.0 Å². The second-order valence-corrected chi connectivity index (χ2v) is 5.19. The highest BCUT2D eigenvalue weighted by Crippen LogP contribution is 2.31. The molecule has 1 aromatic heterocycles. The molecule has 2 heterocycles. The summed E-state index contributed by atoms with van der Waals surface area (Å²) in [5.74, 6) is 0.174. The molecule has 3 rings (SSSR count). The zero-order valence-corrected chi connectivity index (χ0v) is 11.0. The number of hydrogen-bond donors (Lipinski definition) is 1. The number of nitrogens with zero attached hydrogens (tertiary/aromatic N) is 3. The molecule has 7 nitrogen and oxygen atoms in total. The number of nitrogens with one attached hydrogen (secondary N) is 1. The van der Waals surface area contributed by atoms with Crippen LogP contribution in [0.1, 0.15) is 23.3 Å². The fourth-order valence-electron chi connectivity index (χ4n) is 2.37. The standard InChI is InChI=1S/C13H16N4O3/c18-11-7-10(14-8-15-11)13(20)17-5-3-16(4-6-17)12(19)9-1-2-9/h7-9H,1-6H2,(H,14,15,18). The molecule has 1 aliphatic carbocycles. The maximum atomic E-state index is 12.2. The third-order valence-corrected chi connectivity index (χ3v) is 3.70. The normalized spacial score (nSPS) is 19.0. The molecule has 0 bridgehead atoms. The number of rotatable bonds is 2. The number of H-pyrrole nitrogens is 1. The van der Waals surface area contributed by atoms with E-state index < -0.39 is 0 Å². The lowest BCUT2D eigenvalue weighted by atomic mass is 10.2. The Morgan fingerprint density at radius 1 is 1.15 bits per heavy atom. The minimum atomic E-state index is -0.342. The van der Waals surface area contributed by atoms with Crippen molar-refractivity contribution in [3.8, 4) is 0 Å². The molecule has 1 aliphatic heterocycles. The number of amides is 2. The van der Waals surface area contributed by atoms with Gasteiger partial charge in [0.2, 0.25) is 5.91 Å². The van der Waals surface area contributed by atoms with Crippen LogP contribution in [-0.4, -0.2) is 57.8 Å². The molecule has 0 atom stereocenters. The summed E-state index contributed by atoms with van der Waals surface area (Å²) >= 11 is 0. The topological polar surface area (TPSA) is 86.4 Å². The Balaban J connectivity index is 1.61. The highest BCUT2D eigenvalue weighted by Gasteiger charge is 2.35. The summed E-state index contributed by atoms with van der Waals surface area (Å²) in [6.07, 6.45) is 3.21. The minimum absolute atomic E-state index is 0.149. The summed E-state index contributed by atoms with van der Waals surface area (Å²) < 4.78 is 0. The van der Waals surface area contributed by atoms with Gasteiger partial charge in [0.15, 0.2) is 0 Å². The maximum Gasteiger partial charge on any atom is 0.272 e. The number of aromatic nitrogens is 2. The Morgan fingerprint density at radius 3 is 2.40 bits per heavy atom. The van der Waals surface area contributed by atoms with E-state index in [9.17, 15) is 14.4 Å². The second kappa shape index (κ2) is 5.07. The van der Waals surface area contributed by atoms with Crippen LogP contribution in [0.2, 0.25) is 0 Å². The zero-order chi connectivity index (χ0) is 14.1. The smallest absolute Gasteiger partial charge is 0.272 e. The van der Waals surface area contributed by atoms with Crippen LogP contribution in [0.15, 0.2) is 17.2 Å². The van der Waals surface area contributed by atoms with Gasteiger partial charge in [0.1, 0.15) is 5.69 Å². The molecule has 1 N–H and O–H groups in total. The average Bonchev–Trinajstić information content (AvgIpc) is 3.30. The van der Waals surface area contributed by atoms with Crippen LogP contribution in [0.5, 0.6) is 0 Å². The summed E-state index contributed by atoms with van der Waals surface area (Å²) in [6, 6.07) is 1.20. The van der Waals surface area contributed by atoms with E-state index >= 15 is 0 Å². The van der Waals surface area contributed by atoms with Crippen LogP contribution in [0, 0.1) is 5.92 Å². The van der Waals surface area contributed by atoms with E-state index in [4.69, 9.17) is 0 Å². The van der Waals surface area contributed by atoms with Gasteiger partial charge in [0.25, 0.3) is 11.5 Å². The largest absolute Gasteiger partial charge is 0.339 e. The van der Waals surface area contributed by atoms with E-state index in [0.717, 1.165) is 12.8 Å². The molecule has 2 aliphatic rings. The Labute approximate surface area is 115 Å². The van der Waals surface area contributed by atoms with E-state index in [1.165, 1.54) is 12.4 Å². The molecular formula is C13H16N4O3. The van der Waals surface area contributed by atoms with Crippen LogP contribution in [-0.2, 0) is 4.79 Å². The quantitative estimate of drug-likeness (QED) is 0.786. The summed E-state index contributed by atoms with van der Waals surface area (Å²) in [7, 11) is 0. The van der Waals surface area contributed by atoms with E-state index in [2.05, 4.69) is 9.97 Å². The summed E-state index contributed by atoms with van der Waals surface area (Å²) in [6.45, 7) is 2.10. The van der Waals surface area contributed by atoms with Crippen molar-refractivity contribution in [3.63, 3.8) is 0 Å². The molecule has 1 saturated heterocycles. The van der Waals surface area contributed by atoms with Gasteiger partial charge in [-0.2, -0.15) is 0 Å². The summed E-state index contributed by atoms with van der Waals surface area (Å²) in [5.41, 5.74) is -0.193. The zero-order valence-electron chi connectivity index (χ0n) is 11.0. The predicted molar refractivity (Wildman–Crippen MR) is 70.1 cm³/mol. The van der Waals surface area contributed by atoms with Crippen LogP contribution in [0.25, 0.3) is 0 Å². The molecular weight excluding hydrogens is 260 g/mol. The maximum absolute atomic E-state index is 12.2. The first-order chi connectivity index (χ1) is 9.65. The minimum Gasteiger partial charge on any atom is -0.339 e. The van der Waals surface area contributed by atoms with Crippen molar-refractivity contribution < 1.29 is 9.59 Å². The first-order valence-corrected chi connectivity index (χ1v) is 6.78. The van der Waals surface area contributed by atoms with Crippen molar-refractivity contribution in [3.05, 3.63) is 28.4 Å². The van der Waals surface area contributed by atoms with Gasteiger partial charge >= 0.3 is 0 Å². The van der Waals surface area contributed by atoms with Gasteiger partial charge in [-0.25, -0.2) is 4.98 Å². The molecule has 2 amide bonds. The molecule has 0 aromatic carbocycles. The van der Waals surface area contributed by atoms with Gasteiger partial charge in [0.05, 0.1) is 6.33 Å². The Morgan fingerprint density at radius 2 is 1.80 bits per heavy atom. The van der Waals surface area contributed by atoms with Gasteiger partial charge in [0, 0.05) is 38.2 Å². The molecule has 0 spiro atoms. The molecule has 7 heteroatoms.